The van der Waals surface area contributed by atoms with Crippen LogP contribution in [0.15, 0.2) is 50.1 Å². The van der Waals surface area contributed by atoms with Gasteiger partial charge in [0.05, 0.1) is 22.8 Å². The number of carbonyl (C=O) groups excluding carboxylic acids is 3. The van der Waals surface area contributed by atoms with E-state index in [-0.39, 0.29) is 41.6 Å². The van der Waals surface area contributed by atoms with Crippen molar-refractivity contribution in [2.45, 2.75) is 6.42 Å². The highest BCUT2D eigenvalue weighted by molar-refractivity contribution is 9.11. The molecule has 2 N–H and O–H groups in total. The SMILES string of the molecule is O=C1CCN(C(=O)c2cc(Br)cc(Br)c2NC(=O)c2cc(Br)nn2-c2ncccc2Cl)N1. The smallest absolute Gasteiger partial charge is 0.274 e. The number of hydrogen-bond acceptors (Lipinski definition) is 5. The number of hydrogen-bond donors (Lipinski definition) is 2. The van der Waals surface area contributed by atoms with E-state index >= 15 is 0 Å². The lowest BCUT2D eigenvalue weighted by atomic mass is 10.1. The van der Waals surface area contributed by atoms with Crippen LogP contribution >= 0.6 is 59.4 Å². The van der Waals surface area contributed by atoms with E-state index in [0.717, 1.165) is 0 Å². The van der Waals surface area contributed by atoms with Gasteiger partial charge in [0.2, 0.25) is 5.91 Å². The summed E-state index contributed by atoms with van der Waals surface area (Å²) in [7, 11) is 0. The average molecular weight is 648 g/mol. The molecular weight excluding hydrogens is 635 g/mol. The van der Waals surface area contributed by atoms with Crippen molar-refractivity contribution in [1.82, 2.24) is 25.2 Å². The maximum atomic E-state index is 13.2. The van der Waals surface area contributed by atoms with E-state index in [2.05, 4.69) is 68.6 Å². The van der Waals surface area contributed by atoms with E-state index in [4.69, 9.17) is 11.6 Å². The summed E-state index contributed by atoms with van der Waals surface area (Å²) in [5.74, 6) is -0.988. The molecule has 2 aromatic heterocycles. The molecule has 0 bridgehead atoms. The van der Waals surface area contributed by atoms with Crippen LogP contribution in [0.1, 0.15) is 27.3 Å². The lowest BCUT2D eigenvalue weighted by Gasteiger charge is -2.19. The molecule has 3 aromatic rings. The van der Waals surface area contributed by atoms with Gasteiger partial charge in [-0.25, -0.2) is 14.7 Å². The molecular formula is C19H12Br3ClN6O3. The number of benzene rings is 1. The molecule has 164 valence electrons. The van der Waals surface area contributed by atoms with E-state index in [1.54, 1.807) is 24.3 Å². The standard InChI is InChI=1S/C19H12Br3ClN6O3/c20-9-6-10(19(32)28-5-3-15(30)27-28)16(11(21)7-9)25-18(31)13-8-14(22)26-29(13)17-12(23)2-1-4-24-17/h1-2,4,6-8H,3,5H2,(H,25,31)(H,27,30). The Morgan fingerprint density at radius 1 is 1.19 bits per heavy atom. The van der Waals surface area contributed by atoms with Crippen molar-refractivity contribution in [3.8, 4) is 5.82 Å². The molecule has 0 atom stereocenters. The third-order valence-electron chi connectivity index (χ3n) is 4.44. The Kier molecular flexibility index (Phi) is 6.65. The molecule has 1 aliphatic rings. The molecule has 1 aromatic carbocycles. The Morgan fingerprint density at radius 3 is 2.66 bits per heavy atom. The minimum atomic E-state index is -0.549. The number of carbonyl (C=O) groups is 3. The number of rotatable bonds is 4. The monoisotopic (exact) mass is 644 g/mol. The van der Waals surface area contributed by atoms with Gasteiger partial charge < -0.3 is 5.32 Å². The molecule has 1 saturated heterocycles. The van der Waals surface area contributed by atoms with Crippen LogP contribution in [-0.4, -0.2) is 44.0 Å². The normalized spacial score (nSPS) is 13.2. The first-order valence-corrected chi connectivity index (χ1v) is 11.8. The lowest BCUT2D eigenvalue weighted by molar-refractivity contribution is -0.120. The molecule has 0 spiro atoms. The van der Waals surface area contributed by atoms with Crippen molar-refractivity contribution in [2.24, 2.45) is 0 Å². The highest BCUT2D eigenvalue weighted by Crippen LogP contribution is 2.33. The van der Waals surface area contributed by atoms with Gasteiger partial charge in [0.15, 0.2) is 5.82 Å². The number of halogens is 4. The fourth-order valence-corrected chi connectivity index (χ4v) is 4.93. The summed E-state index contributed by atoms with van der Waals surface area (Å²) in [4.78, 5) is 42.0. The number of pyridine rings is 1. The van der Waals surface area contributed by atoms with Gasteiger partial charge in [-0.3, -0.25) is 19.8 Å². The van der Waals surface area contributed by atoms with Crippen LogP contribution in [0.3, 0.4) is 0 Å². The predicted octanol–water partition coefficient (Wildman–Crippen LogP) is 4.34. The molecule has 1 fully saturated rings. The lowest BCUT2D eigenvalue weighted by Crippen LogP contribution is -2.39. The second-order valence-electron chi connectivity index (χ2n) is 6.58. The number of nitrogens with one attached hydrogen (secondary N) is 2. The quantitative estimate of drug-likeness (QED) is 0.438. The van der Waals surface area contributed by atoms with Crippen LogP contribution in [0, 0.1) is 0 Å². The Hall–Kier alpha value is -2.28. The largest absolute Gasteiger partial charge is 0.319 e. The van der Waals surface area contributed by atoms with E-state index < -0.39 is 11.8 Å². The minimum Gasteiger partial charge on any atom is -0.319 e. The average Bonchev–Trinajstić information content (AvgIpc) is 3.35. The van der Waals surface area contributed by atoms with Gasteiger partial charge in [0, 0.05) is 27.6 Å². The van der Waals surface area contributed by atoms with Crippen molar-refractivity contribution in [3.05, 3.63) is 66.4 Å². The fraction of sp³-hybridized carbons (Fsp3) is 0.105. The first-order valence-electron chi connectivity index (χ1n) is 9.03. The molecule has 0 radical (unpaired) electrons. The summed E-state index contributed by atoms with van der Waals surface area (Å²) < 4.78 is 2.78. The zero-order valence-electron chi connectivity index (χ0n) is 15.9. The van der Waals surface area contributed by atoms with Crippen LogP contribution in [0.4, 0.5) is 5.69 Å². The van der Waals surface area contributed by atoms with E-state index in [1.165, 1.54) is 22.0 Å². The second-order valence-corrected chi connectivity index (χ2v) is 9.57. The van der Waals surface area contributed by atoms with Crippen LogP contribution < -0.4 is 10.7 Å². The van der Waals surface area contributed by atoms with Gasteiger partial charge in [0.25, 0.3) is 11.8 Å². The molecule has 3 amide bonds. The summed E-state index contributed by atoms with van der Waals surface area (Å²) in [6.45, 7) is 0.229. The highest BCUT2D eigenvalue weighted by atomic mass is 79.9. The Morgan fingerprint density at radius 2 is 1.97 bits per heavy atom. The maximum absolute atomic E-state index is 13.2. The van der Waals surface area contributed by atoms with Gasteiger partial charge in [0.1, 0.15) is 10.3 Å². The highest BCUT2D eigenvalue weighted by Gasteiger charge is 2.28. The van der Waals surface area contributed by atoms with Gasteiger partial charge in [-0.05, 0) is 56.1 Å². The minimum absolute atomic E-state index is 0.139. The second kappa shape index (κ2) is 9.30. The van der Waals surface area contributed by atoms with Crippen molar-refractivity contribution in [2.75, 3.05) is 11.9 Å². The van der Waals surface area contributed by atoms with E-state index in [1.807, 2.05) is 0 Å². The summed E-state index contributed by atoms with van der Waals surface area (Å²) >= 11 is 16.3. The summed E-state index contributed by atoms with van der Waals surface area (Å²) in [6.07, 6.45) is 1.74. The molecule has 32 heavy (non-hydrogen) atoms. The zero-order valence-corrected chi connectivity index (χ0v) is 21.4. The van der Waals surface area contributed by atoms with Crippen LogP contribution in [0.2, 0.25) is 5.02 Å². The van der Waals surface area contributed by atoms with Crippen LogP contribution in [0.5, 0.6) is 0 Å². The number of nitrogens with zero attached hydrogens (tertiary/aromatic N) is 4. The predicted molar refractivity (Wildman–Crippen MR) is 128 cm³/mol. The fourth-order valence-electron chi connectivity index (χ4n) is 3.03. The van der Waals surface area contributed by atoms with Crippen LogP contribution in [0.25, 0.3) is 5.82 Å². The molecule has 0 unspecified atom stereocenters. The number of anilines is 1. The Labute approximate surface area is 211 Å². The number of hydrazine groups is 1. The van der Waals surface area contributed by atoms with E-state index in [0.29, 0.717) is 18.6 Å². The Bertz CT molecular complexity index is 1270. The van der Waals surface area contributed by atoms with Gasteiger partial charge in [-0.1, -0.05) is 27.5 Å². The molecule has 9 nitrogen and oxygen atoms in total. The molecule has 0 aliphatic carbocycles. The molecule has 4 rings (SSSR count). The molecule has 1 aliphatic heterocycles. The zero-order chi connectivity index (χ0) is 23.0. The first kappa shape index (κ1) is 22.9. The van der Waals surface area contributed by atoms with E-state index in [9.17, 15) is 14.4 Å². The number of aromatic nitrogens is 3. The topological polar surface area (TPSA) is 109 Å². The van der Waals surface area contributed by atoms with Crippen molar-refractivity contribution < 1.29 is 14.4 Å². The van der Waals surface area contributed by atoms with Crippen molar-refractivity contribution >= 4 is 82.8 Å². The summed E-state index contributed by atoms with van der Waals surface area (Å²) in [6, 6.07) is 8.06. The van der Waals surface area contributed by atoms with Crippen molar-refractivity contribution in [1.29, 1.82) is 0 Å². The van der Waals surface area contributed by atoms with Gasteiger partial charge in [-0.15, -0.1) is 0 Å². The maximum Gasteiger partial charge on any atom is 0.274 e. The first-order chi connectivity index (χ1) is 15.2. The molecule has 13 heteroatoms. The van der Waals surface area contributed by atoms with Gasteiger partial charge in [-0.2, -0.15) is 5.10 Å². The number of amides is 3. The van der Waals surface area contributed by atoms with Crippen molar-refractivity contribution in [3.63, 3.8) is 0 Å². The molecule has 3 heterocycles. The third-order valence-corrected chi connectivity index (χ3v) is 6.21. The van der Waals surface area contributed by atoms with Gasteiger partial charge >= 0.3 is 0 Å². The third kappa shape index (κ3) is 4.58. The summed E-state index contributed by atoms with van der Waals surface area (Å²) in [5, 5.41) is 8.53. The molecule has 0 saturated carbocycles. The summed E-state index contributed by atoms with van der Waals surface area (Å²) in [5.41, 5.74) is 3.06. The Balaban J connectivity index is 1.72. The van der Waals surface area contributed by atoms with Crippen LogP contribution in [-0.2, 0) is 4.79 Å².